The van der Waals surface area contributed by atoms with Gasteiger partial charge in [0.2, 0.25) is 0 Å². The number of alkyl halides is 1. The van der Waals surface area contributed by atoms with E-state index < -0.39 is 6.67 Å². The molecule has 1 aliphatic rings. The highest BCUT2D eigenvalue weighted by Gasteiger charge is 2.34. The molecule has 0 unspecified atom stereocenters. The molecule has 0 atom stereocenters. The van der Waals surface area contributed by atoms with Crippen molar-refractivity contribution in [3.8, 4) is 5.75 Å². The predicted octanol–water partition coefficient (Wildman–Crippen LogP) is 2.94. The zero-order valence-corrected chi connectivity index (χ0v) is 10.3. The molecule has 1 aliphatic carbocycles. The van der Waals surface area contributed by atoms with Crippen molar-refractivity contribution < 1.29 is 9.13 Å². The Labute approximate surface area is 102 Å². The van der Waals surface area contributed by atoms with Crippen molar-refractivity contribution >= 4 is 0 Å². The summed E-state index contributed by atoms with van der Waals surface area (Å²) in [5.74, 6) is 0.626. The quantitative estimate of drug-likeness (QED) is 0.873. The molecule has 0 bridgehead atoms. The molecule has 2 N–H and O–H groups in total. The highest BCUT2D eigenvalue weighted by Crippen LogP contribution is 2.41. The summed E-state index contributed by atoms with van der Waals surface area (Å²) in [5.41, 5.74) is 7.81. The molecule has 2 rings (SSSR count). The number of ether oxygens (including phenoxy) is 1. The van der Waals surface area contributed by atoms with Gasteiger partial charge >= 0.3 is 0 Å². The van der Waals surface area contributed by atoms with Crippen molar-refractivity contribution in [1.82, 2.24) is 0 Å². The second-order valence-corrected chi connectivity index (χ2v) is 4.85. The molecule has 0 amide bonds. The fourth-order valence-corrected chi connectivity index (χ4v) is 2.88. The van der Waals surface area contributed by atoms with Crippen LogP contribution in [0.15, 0.2) is 18.2 Å². The van der Waals surface area contributed by atoms with Crippen molar-refractivity contribution in [3.63, 3.8) is 0 Å². The number of rotatable bonds is 4. The van der Waals surface area contributed by atoms with Gasteiger partial charge in [-0.3, -0.25) is 0 Å². The summed E-state index contributed by atoms with van der Waals surface area (Å²) < 4.78 is 18.1. The van der Waals surface area contributed by atoms with Crippen LogP contribution in [-0.2, 0) is 12.1 Å². The number of halogens is 1. The Balaban J connectivity index is 2.38. The number of methoxy groups -OCH3 is 1. The Kier molecular flexibility index (Phi) is 3.67. The Morgan fingerprint density at radius 2 is 2.06 bits per heavy atom. The third-order valence-corrected chi connectivity index (χ3v) is 3.99. The van der Waals surface area contributed by atoms with E-state index in [4.69, 9.17) is 10.5 Å². The van der Waals surface area contributed by atoms with E-state index in [1.807, 2.05) is 18.2 Å². The first-order valence-corrected chi connectivity index (χ1v) is 6.19. The maximum atomic E-state index is 13.0. The Bertz CT molecular complexity index is 386. The first kappa shape index (κ1) is 12.4. The van der Waals surface area contributed by atoms with Gasteiger partial charge in [-0.25, -0.2) is 4.39 Å². The Hall–Kier alpha value is -1.09. The van der Waals surface area contributed by atoms with Crippen molar-refractivity contribution in [2.45, 2.75) is 37.8 Å². The molecule has 0 spiro atoms. The fourth-order valence-electron chi connectivity index (χ4n) is 2.88. The lowest BCUT2D eigenvalue weighted by Crippen LogP contribution is -2.32. The van der Waals surface area contributed by atoms with E-state index in [2.05, 4.69) is 0 Å². The highest BCUT2D eigenvalue weighted by molar-refractivity contribution is 5.40. The summed E-state index contributed by atoms with van der Waals surface area (Å²) in [6.45, 7) is 0.155. The molecule has 1 saturated carbocycles. The van der Waals surface area contributed by atoms with Gasteiger partial charge in [0.05, 0.1) is 7.11 Å². The molecule has 0 aromatic heterocycles. The fraction of sp³-hybridized carbons (Fsp3) is 0.571. The highest BCUT2D eigenvalue weighted by atomic mass is 19.1. The van der Waals surface area contributed by atoms with E-state index in [1.165, 1.54) is 18.4 Å². The van der Waals surface area contributed by atoms with Crippen LogP contribution in [0.5, 0.6) is 5.75 Å². The maximum absolute atomic E-state index is 13.0. The Morgan fingerprint density at radius 3 is 2.59 bits per heavy atom. The van der Waals surface area contributed by atoms with Gasteiger partial charge in [-0.2, -0.15) is 0 Å². The summed E-state index contributed by atoms with van der Waals surface area (Å²) >= 11 is 0. The summed E-state index contributed by atoms with van der Waals surface area (Å²) in [6, 6.07) is 5.83. The van der Waals surface area contributed by atoms with Crippen LogP contribution in [0.25, 0.3) is 0 Å². The molecular formula is C14H20FNO. The smallest absolute Gasteiger partial charge is 0.124 e. The van der Waals surface area contributed by atoms with Crippen LogP contribution < -0.4 is 10.5 Å². The standard InChI is InChI=1S/C14H20FNO/c1-17-13-5-4-12(8-11(13)9-15)14(10-16)6-2-3-7-14/h4-5,8H,2-3,6-7,9-10,16H2,1H3. The lowest BCUT2D eigenvalue weighted by molar-refractivity contribution is 0.391. The van der Waals surface area contributed by atoms with E-state index in [9.17, 15) is 4.39 Å². The number of hydrogen-bond acceptors (Lipinski definition) is 2. The zero-order valence-electron chi connectivity index (χ0n) is 10.3. The predicted molar refractivity (Wildman–Crippen MR) is 67.0 cm³/mol. The Morgan fingerprint density at radius 1 is 1.35 bits per heavy atom. The van der Waals surface area contributed by atoms with Crippen LogP contribution in [0, 0.1) is 0 Å². The summed E-state index contributed by atoms with van der Waals surface area (Å²) in [4.78, 5) is 0. The molecule has 17 heavy (non-hydrogen) atoms. The van der Waals surface area contributed by atoms with E-state index in [0.717, 1.165) is 12.8 Å². The summed E-state index contributed by atoms with van der Waals surface area (Å²) in [5, 5.41) is 0. The van der Waals surface area contributed by atoms with Crippen molar-refractivity contribution in [3.05, 3.63) is 29.3 Å². The molecule has 0 heterocycles. The van der Waals surface area contributed by atoms with Crippen LogP contribution in [0.1, 0.15) is 36.8 Å². The molecule has 0 radical (unpaired) electrons. The van der Waals surface area contributed by atoms with Gasteiger partial charge in [0.1, 0.15) is 12.4 Å². The topological polar surface area (TPSA) is 35.2 Å². The third-order valence-electron chi connectivity index (χ3n) is 3.99. The van der Waals surface area contributed by atoms with Gasteiger partial charge in [0, 0.05) is 17.5 Å². The number of nitrogens with two attached hydrogens (primary N) is 1. The monoisotopic (exact) mass is 237 g/mol. The third kappa shape index (κ3) is 2.16. The van der Waals surface area contributed by atoms with Crippen LogP contribution in [-0.4, -0.2) is 13.7 Å². The maximum Gasteiger partial charge on any atom is 0.124 e. The molecule has 1 aromatic carbocycles. The molecule has 2 nitrogen and oxygen atoms in total. The van der Waals surface area contributed by atoms with Crippen LogP contribution in [0.3, 0.4) is 0 Å². The summed E-state index contributed by atoms with van der Waals surface area (Å²) in [6.07, 6.45) is 4.66. The van der Waals surface area contributed by atoms with E-state index >= 15 is 0 Å². The number of hydrogen-bond donors (Lipinski definition) is 1. The number of benzene rings is 1. The van der Waals surface area contributed by atoms with Gasteiger partial charge in [0.25, 0.3) is 0 Å². The van der Waals surface area contributed by atoms with Gasteiger partial charge in [-0.05, 0) is 30.5 Å². The summed E-state index contributed by atoms with van der Waals surface area (Å²) in [7, 11) is 1.57. The minimum Gasteiger partial charge on any atom is -0.496 e. The van der Waals surface area contributed by atoms with E-state index in [0.29, 0.717) is 17.9 Å². The molecule has 3 heteroatoms. The van der Waals surface area contributed by atoms with Gasteiger partial charge in [0.15, 0.2) is 0 Å². The second kappa shape index (κ2) is 5.05. The van der Waals surface area contributed by atoms with Gasteiger partial charge in [-0.15, -0.1) is 0 Å². The first-order valence-electron chi connectivity index (χ1n) is 6.19. The minimum atomic E-state index is -0.488. The van der Waals surface area contributed by atoms with Crippen molar-refractivity contribution in [2.75, 3.05) is 13.7 Å². The van der Waals surface area contributed by atoms with E-state index in [1.54, 1.807) is 7.11 Å². The lowest BCUT2D eigenvalue weighted by Gasteiger charge is -2.28. The molecule has 0 saturated heterocycles. The van der Waals surface area contributed by atoms with Gasteiger partial charge < -0.3 is 10.5 Å². The van der Waals surface area contributed by atoms with Crippen molar-refractivity contribution in [2.24, 2.45) is 5.73 Å². The van der Waals surface area contributed by atoms with Crippen LogP contribution in [0.2, 0.25) is 0 Å². The molecular weight excluding hydrogens is 217 g/mol. The normalized spacial score (nSPS) is 18.3. The molecule has 1 aromatic rings. The molecule has 0 aliphatic heterocycles. The van der Waals surface area contributed by atoms with Crippen LogP contribution in [0.4, 0.5) is 4.39 Å². The largest absolute Gasteiger partial charge is 0.496 e. The van der Waals surface area contributed by atoms with Gasteiger partial charge in [-0.1, -0.05) is 18.9 Å². The van der Waals surface area contributed by atoms with Crippen molar-refractivity contribution in [1.29, 1.82) is 0 Å². The second-order valence-electron chi connectivity index (χ2n) is 4.85. The van der Waals surface area contributed by atoms with Crippen LogP contribution >= 0.6 is 0 Å². The first-order chi connectivity index (χ1) is 8.25. The zero-order chi connectivity index (χ0) is 12.3. The molecule has 94 valence electrons. The molecule has 1 fully saturated rings. The van der Waals surface area contributed by atoms with E-state index in [-0.39, 0.29) is 5.41 Å². The minimum absolute atomic E-state index is 0.0657. The average Bonchev–Trinajstić information content (AvgIpc) is 2.88. The average molecular weight is 237 g/mol. The lowest BCUT2D eigenvalue weighted by atomic mass is 9.78. The SMILES string of the molecule is COc1ccc(C2(CN)CCCC2)cc1CF.